The third-order valence-electron chi connectivity index (χ3n) is 4.96. The molecule has 5 heteroatoms. The molecule has 1 saturated heterocycles. The van der Waals surface area contributed by atoms with E-state index in [0.717, 1.165) is 32.1 Å². The molecule has 2 N–H and O–H groups in total. The van der Waals surface area contributed by atoms with Crippen molar-refractivity contribution in [3.05, 3.63) is 0 Å². The Balaban J connectivity index is 0.00000220. The molecule has 1 unspecified atom stereocenters. The summed E-state index contributed by atoms with van der Waals surface area (Å²) in [7, 11) is 0. The SMILES string of the molecule is CCNCC1CCN(C(C)C(=O)NC2CCCC2)CC1.Cl. The van der Waals surface area contributed by atoms with Gasteiger partial charge in [0, 0.05) is 6.04 Å². The molecule has 4 nitrogen and oxygen atoms in total. The Morgan fingerprint density at radius 3 is 2.38 bits per heavy atom. The quantitative estimate of drug-likeness (QED) is 0.789. The topological polar surface area (TPSA) is 44.4 Å². The minimum atomic E-state index is 0. The minimum absolute atomic E-state index is 0. The van der Waals surface area contributed by atoms with Crippen LogP contribution in [-0.2, 0) is 4.79 Å². The molecule has 124 valence electrons. The number of hydrogen-bond donors (Lipinski definition) is 2. The van der Waals surface area contributed by atoms with Gasteiger partial charge in [0.05, 0.1) is 6.04 Å². The van der Waals surface area contributed by atoms with Gasteiger partial charge in [-0.15, -0.1) is 12.4 Å². The predicted octanol–water partition coefficient (Wildman–Crippen LogP) is 2.18. The summed E-state index contributed by atoms with van der Waals surface area (Å²) >= 11 is 0. The lowest BCUT2D eigenvalue weighted by atomic mass is 9.95. The minimum Gasteiger partial charge on any atom is -0.352 e. The van der Waals surface area contributed by atoms with Crippen molar-refractivity contribution in [1.29, 1.82) is 0 Å². The van der Waals surface area contributed by atoms with Crippen LogP contribution < -0.4 is 10.6 Å². The highest BCUT2D eigenvalue weighted by molar-refractivity contribution is 5.85. The van der Waals surface area contributed by atoms with Gasteiger partial charge >= 0.3 is 0 Å². The average molecular weight is 318 g/mol. The molecule has 1 aliphatic carbocycles. The van der Waals surface area contributed by atoms with Crippen LogP contribution in [-0.4, -0.2) is 49.1 Å². The number of carbonyl (C=O) groups excluding carboxylic acids is 1. The molecule has 0 bridgehead atoms. The van der Waals surface area contributed by atoms with E-state index in [2.05, 4.69) is 29.4 Å². The van der Waals surface area contributed by atoms with E-state index in [4.69, 9.17) is 0 Å². The van der Waals surface area contributed by atoms with E-state index in [1.165, 1.54) is 38.5 Å². The fourth-order valence-electron chi connectivity index (χ4n) is 3.45. The Morgan fingerprint density at radius 1 is 1.19 bits per heavy atom. The normalized spacial score (nSPS) is 22.8. The van der Waals surface area contributed by atoms with Gasteiger partial charge in [0.15, 0.2) is 0 Å². The van der Waals surface area contributed by atoms with Crippen molar-refractivity contribution >= 4 is 18.3 Å². The molecule has 1 saturated carbocycles. The van der Waals surface area contributed by atoms with Gasteiger partial charge in [0.1, 0.15) is 0 Å². The summed E-state index contributed by atoms with van der Waals surface area (Å²) < 4.78 is 0. The highest BCUT2D eigenvalue weighted by Gasteiger charge is 2.28. The van der Waals surface area contributed by atoms with Crippen molar-refractivity contribution in [1.82, 2.24) is 15.5 Å². The molecule has 2 aliphatic rings. The molecule has 1 amide bonds. The molecule has 0 radical (unpaired) electrons. The van der Waals surface area contributed by atoms with Crippen LogP contribution in [0.1, 0.15) is 52.4 Å². The Bertz CT molecular complexity index is 300. The van der Waals surface area contributed by atoms with Gasteiger partial charge in [-0.1, -0.05) is 19.8 Å². The molecule has 2 rings (SSSR count). The number of piperidine rings is 1. The fourth-order valence-corrected chi connectivity index (χ4v) is 3.45. The van der Waals surface area contributed by atoms with E-state index in [1.807, 2.05) is 0 Å². The van der Waals surface area contributed by atoms with Gasteiger partial charge in [-0.3, -0.25) is 9.69 Å². The zero-order valence-corrected chi connectivity index (χ0v) is 14.4. The van der Waals surface area contributed by atoms with Crippen LogP contribution in [0.15, 0.2) is 0 Å². The summed E-state index contributed by atoms with van der Waals surface area (Å²) in [6.07, 6.45) is 7.32. The summed E-state index contributed by atoms with van der Waals surface area (Å²) in [6.45, 7) is 8.54. The Labute approximate surface area is 135 Å². The summed E-state index contributed by atoms with van der Waals surface area (Å²) in [4.78, 5) is 14.6. The summed E-state index contributed by atoms with van der Waals surface area (Å²) in [6, 6.07) is 0.479. The second-order valence-corrected chi connectivity index (χ2v) is 6.45. The standard InChI is InChI=1S/C16H31N3O.ClH/c1-3-17-12-14-8-10-19(11-9-14)13(2)16(20)18-15-6-4-5-7-15;/h13-15,17H,3-12H2,1-2H3,(H,18,20);1H. The van der Waals surface area contributed by atoms with Crippen molar-refractivity contribution < 1.29 is 4.79 Å². The first-order chi connectivity index (χ1) is 9.70. The number of rotatable bonds is 6. The zero-order chi connectivity index (χ0) is 14.4. The summed E-state index contributed by atoms with van der Waals surface area (Å²) in [5.74, 6) is 1.03. The lowest BCUT2D eigenvalue weighted by Crippen LogP contribution is -2.50. The van der Waals surface area contributed by atoms with Gasteiger partial charge < -0.3 is 10.6 Å². The maximum absolute atomic E-state index is 12.3. The molecule has 21 heavy (non-hydrogen) atoms. The van der Waals surface area contributed by atoms with Gasteiger partial charge in [-0.25, -0.2) is 0 Å². The highest BCUT2D eigenvalue weighted by atomic mass is 35.5. The second kappa shape index (κ2) is 9.65. The Hall–Kier alpha value is -0.320. The van der Waals surface area contributed by atoms with E-state index in [1.54, 1.807) is 0 Å². The van der Waals surface area contributed by atoms with Crippen LogP contribution in [0.5, 0.6) is 0 Å². The number of likely N-dealkylation sites (tertiary alicyclic amines) is 1. The van der Waals surface area contributed by atoms with E-state index in [9.17, 15) is 4.79 Å². The molecule has 2 fully saturated rings. The van der Waals surface area contributed by atoms with Crippen molar-refractivity contribution in [3.63, 3.8) is 0 Å². The fraction of sp³-hybridized carbons (Fsp3) is 0.938. The monoisotopic (exact) mass is 317 g/mol. The molecule has 0 spiro atoms. The van der Waals surface area contributed by atoms with Crippen LogP contribution in [0, 0.1) is 5.92 Å². The second-order valence-electron chi connectivity index (χ2n) is 6.45. The zero-order valence-electron chi connectivity index (χ0n) is 13.6. The van der Waals surface area contributed by atoms with Gasteiger partial charge in [0.2, 0.25) is 5.91 Å². The third-order valence-corrected chi connectivity index (χ3v) is 4.96. The van der Waals surface area contributed by atoms with Crippen LogP contribution in [0.2, 0.25) is 0 Å². The number of amides is 1. The van der Waals surface area contributed by atoms with E-state index in [0.29, 0.717) is 6.04 Å². The van der Waals surface area contributed by atoms with Gasteiger partial charge in [0.25, 0.3) is 0 Å². The van der Waals surface area contributed by atoms with Crippen LogP contribution >= 0.6 is 12.4 Å². The van der Waals surface area contributed by atoms with Crippen LogP contribution in [0.25, 0.3) is 0 Å². The Morgan fingerprint density at radius 2 is 1.81 bits per heavy atom. The molecule has 1 aliphatic heterocycles. The molecule has 1 heterocycles. The predicted molar refractivity (Wildman–Crippen MR) is 89.9 cm³/mol. The number of hydrogen-bond acceptors (Lipinski definition) is 3. The number of nitrogens with zero attached hydrogens (tertiary/aromatic N) is 1. The smallest absolute Gasteiger partial charge is 0.237 e. The molecule has 0 aromatic carbocycles. The van der Waals surface area contributed by atoms with Gasteiger partial charge in [-0.05, 0) is 64.7 Å². The lowest BCUT2D eigenvalue weighted by molar-refractivity contribution is -0.127. The largest absolute Gasteiger partial charge is 0.352 e. The van der Waals surface area contributed by atoms with Crippen molar-refractivity contribution in [3.8, 4) is 0 Å². The van der Waals surface area contributed by atoms with Crippen LogP contribution in [0.4, 0.5) is 0 Å². The first kappa shape index (κ1) is 18.7. The number of nitrogens with one attached hydrogen (secondary N) is 2. The van der Waals surface area contributed by atoms with E-state index in [-0.39, 0.29) is 24.4 Å². The molecule has 0 aromatic rings. The molecular formula is C16H32ClN3O. The van der Waals surface area contributed by atoms with Crippen molar-refractivity contribution in [2.45, 2.75) is 64.5 Å². The van der Waals surface area contributed by atoms with E-state index < -0.39 is 0 Å². The van der Waals surface area contributed by atoms with Crippen molar-refractivity contribution in [2.24, 2.45) is 5.92 Å². The Kier molecular flexibility index (Phi) is 8.60. The maximum Gasteiger partial charge on any atom is 0.237 e. The maximum atomic E-state index is 12.3. The molecule has 0 aromatic heterocycles. The first-order valence-corrected chi connectivity index (χ1v) is 8.45. The lowest BCUT2D eigenvalue weighted by Gasteiger charge is -2.35. The van der Waals surface area contributed by atoms with Gasteiger partial charge in [-0.2, -0.15) is 0 Å². The summed E-state index contributed by atoms with van der Waals surface area (Å²) in [5, 5.41) is 6.66. The van der Waals surface area contributed by atoms with Crippen LogP contribution in [0.3, 0.4) is 0 Å². The van der Waals surface area contributed by atoms with E-state index >= 15 is 0 Å². The molecule has 1 atom stereocenters. The number of carbonyl (C=O) groups is 1. The summed E-state index contributed by atoms with van der Waals surface area (Å²) in [5.41, 5.74) is 0. The average Bonchev–Trinajstić information content (AvgIpc) is 2.97. The highest BCUT2D eigenvalue weighted by Crippen LogP contribution is 2.20. The number of halogens is 1. The van der Waals surface area contributed by atoms with Crippen molar-refractivity contribution in [2.75, 3.05) is 26.2 Å². The third kappa shape index (κ3) is 5.76. The molecular weight excluding hydrogens is 286 g/mol. The first-order valence-electron chi connectivity index (χ1n) is 8.45.